The number of hydrogen-bond donors (Lipinski definition) is 2. The molecule has 3 aromatic rings. The van der Waals surface area contributed by atoms with Crippen LogP contribution in [0.25, 0.3) is 11.3 Å². The molecule has 1 atom stereocenters. The van der Waals surface area contributed by atoms with Crippen LogP contribution in [0.3, 0.4) is 0 Å². The van der Waals surface area contributed by atoms with E-state index in [1.165, 1.54) is 48.7 Å². The maximum absolute atomic E-state index is 14.2. The van der Waals surface area contributed by atoms with Gasteiger partial charge in [-0.2, -0.15) is 0 Å². The van der Waals surface area contributed by atoms with Gasteiger partial charge in [0.05, 0.1) is 16.9 Å². The minimum Gasteiger partial charge on any atom is -0.384 e. The number of halogens is 3. The van der Waals surface area contributed by atoms with Crippen LogP contribution in [0, 0.1) is 11.6 Å². The van der Waals surface area contributed by atoms with Crippen LogP contribution in [0.4, 0.5) is 14.7 Å². The highest BCUT2D eigenvalue weighted by Gasteiger charge is 2.17. The highest BCUT2D eigenvalue weighted by Crippen LogP contribution is 2.31. The molecule has 0 bridgehead atoms. The van der Waals surface area contributed by atoms with Crippen molar-refractivity contribution >= 4 is 17.5 Å². The standard InChI is InChI=1S/C17H12ClF2N3O/c18-13-8-22-17(21)23-15(13)10-3-6-14(20)12(7-10)16(24)9-1-4-11(19)5-2-9/h1-8,16,24H,(H2,21,22,23). The zero-order chi connectivity index (χ0) is 17.3. The number of rotatable bonds is 3. The molecule has 7 heteroatoms. The van der Waals surface area contributed by atoms with Crippen molar-refractivity contribution in [2.45, 2.75) is 6.10 Å². The molecule has 0 radical (unpaired) electrons. The van der Waals surface area contributed by atoms with Gasteiger partial charge in [0.1, 0.15) is 17.7 Å². The Morgan fingerprint density at radius 2 is 1.79 bits per heavy atom. The average molecular weight is 348 g/mol. The van der Waals surface area contributed by atoms with Gasteiger partial charge in [0, 0.05) is 11.1 Å². The van der Waals surface area contributed by atoms with Crippen LogP contribution in [0.15, 0.2) is 48.7 Å². The summed E-state index contributed by atoms with van der Waals surface area (Å²) in [5, 5.41) is 10.7. The number of nitrogens with zero attached hydrogens (tertiary/aromatic N) is 2. The Morgan fingerprint density at radius 3 is 2.50 bits per heavy atom. The van der Waals surface area contributed by atoms with E-state index >= 15 is 0 Å². The molecule has 0 spiro atoms. The van der Waals surface area contributed by atoms with Crippen LogP contribution in [-0.2, 0) is 0 Å². The average Bonchev–Trinajstić information content (AvgIpc) is 2.58. The third kappa shape index (κ3) is 3.20. The molecular weight excluding hydrogens is 336 g/mol. The van der Waals surface area contributed by atoms with E-state index in [4.69, 9.17) is 17.3 Å². The van der Waals surface area contributed by atoms with Gasteiger partial charge in [-0.05, 0) is 35.9 Å². The van der Waals surface area contributed by atoms with Gasteiger partial charge < -0.3 is 10.8 Å². The summed E-state index contributed by atoms with van der Waals surface area (Å²) >= 11 is 6.06. The molecule has 3 N–H and O–H groups in total. The summed E-state index contributed by atoms with van der Waals surface area (Å²) in [5.74, 6) is -1.02. The lowest BCUT2D eigenvalue weighted by atomic mass is 9.98. The van der Waals surface area contributed by atoms with Crippen molar-refractivity contribution in [2.24, 2.45) is 0 Å². The smallest absolute Gasteiger partial charge is 0.220 e. The zero-order valence-corrected chi connectivity index (χ0v) is 13.0. The van der Waals surface area contributed by atoms with E-state index in [1.807, 2.05) is 0 Å². The second-order valence-electron chi connectivity index (χ2n) is 5.12. The maximum atomic E-state index is 14.2. The Labute approximate surface area is 141 Å². The van der Waals surface area contributed by atoms with E-state index in [9.17, 15) is 13.9 Å². The van der Waals surface area contributed by atoms with E-state index in [-0.39, 0.29) is 16.5 Å². The molecule has 0 aliphatic carbocycles. The minimum absolute atomic E-state index is 0.0207. The SMILES string of the molecule is Nc1ncc(Cl)c(-c2ccc(F)c(C(O)c3ccc(F)cc3)c2)n1. The fourth-order valence-corrected chi connectivity index (χ4v) is 2.51. The summed E-state index contributed by atoms with van der Waals surface area (Å²) in [5.41, 5.74) is 6.75. The van der Waals surface area contributed by atoms with Crippen molar-refractivity contribution in [3.63, 3.8) is 0 Å². The van der Waals surface area contributed by atoms with Gasteiger partial charge in [-0.3, -0.25) is 0 Å². The monoisotopic (exact) mass is 347 g/mol. The number of nitrogens with two attached hydrogens (primary N) is 1. The summed E-state index contributed by atoms with van der Waals surface area (Å²) in [6, 6.07) is 9.28. The molecule has 0 saturated heterocycles. The Morgan fingerprint density at radius 1 is 1.08 bits per heavy atom. The zero-order valence-electron chi connectivity index (χ0n) is 12.2. The van der Waals surface area contributed by atoms with E-state index < -0.39 is 17.7 Å². The predicted molar refractivity (Wildman–Crippen MR) is 87.3 cm³/mol. The van der Waals surface area contributed by atoms with Crippen LogP contribution in [0.1, 0.15) is 17.2 Å². The normalized spacial score (nSPS) is 12.2. The quantitative estimate of drug-likeness (QED) is 0.757. The fraction of sp³-hybridized carbons (Fsp3) is 0.0588. The maximum Gasteiger partial charge on any atom is 0.220 e. The molecule has 1 aromatic heterocycles. The van der Waals surface area contributed by atoms with Gasteiger partial charge in [0.2, 0.25) is 5.95 Å². The Kier molecular flexibility index (Phi) is 4.42. The van der Waals surface area contributed by atoms with Gasteiger partial charge in [-0.25, -0.2) is 18.7 Å². The summed E-state index contributed by atoms with van der Waals surface area (Å²) in [4.78, 5) is 7.81. The van der Waals surface area contributed by atoms with E-state index in [2.05, 4.69) is 9.97 Å². The van der Waals surface area contributed by atoms with Gasteiger partial charge in [-0.1, -0.05) is 23.7 Å². The molecule has 3 rings (SSSR count). The van der Waals surface area contributed by atoms with Crippen LogP contribution < -0.4 is 5.73 Å². The van der Waals surface area contributed by atoms with Gasteiger partial charge in [0.15, 0.2) is 0 Å². The molecular formula is C17H12ClF2N3O. The first-order chi connectivity index (χ1) is 11.5. The molecule has 122 valence electrons. The summed E-state index contributed by atoms with van der Waals surface area (Å²) in [6.45, 7) is 0. The minimum atomic E-state index is -1.26. The molecule has 1 unspecified atom stereocenters. The molecule has 1 heterocycles. The topological polar surface area (TPSA) is 72.0 Å². The summed E-state index contributed by atoms with van der Waals surface area (Å²) in [7, 11) is 0. The Bertz CT molecular complexity index is 888. The highest BCUT2D eigenvalue weighted by atomic mass is 35.5. The van der Waals surface area contributed by atoms with Gasteiger partial charge >= 0.3 is 0 Å². The first kappa shape index (κ1) is 16.3. The third-order valence-corrected chi connectivity index (χ3v) is 3.79. The van der Waals surface area contributed by atoms with Gasteiger partial charge in [-0.15, -0.1) is 0 Å². The highest BCUT2D eigenvalue weighted by molar-refractivity contribution is 6.32. The second kappa shape index (κ2) is 6.51. The van der Waals surface area contributed by atoms with Crippen LogP contribution in [-0.4, -0.2) is 15.1 Å². The fourth-order valence-electron chi connectivity index (χ4n) is 2.31. The Hall–Kier alpha value is -2.57. The Balaban J connectivity index is 2.06. The molecule has 4 nitrogen and oxygen atoms in total. The van der Waals surface area contributed by atoms with Crippen molar-refractivity contribution in [3.05, 3.63) is 76.4 Å². The lowest BCUT2D eigenvalue weighted by Crippen LogP contribution is -2.04. The second-order valence-corrected chi connectivity index (χ2v) is 5.52. The van der Waals surface area contributed by atoms with Crippen molar-refractivity contribution in [1.82, 2.24) is 9.97 Å². The van der Waals surface area contributed by atoms with Crippen molar-refractivity contribution in [1.29, 1.82) is 0 Å². The lowest BCUT2D eigenvalue weighted by Gasteiger charge is -2.14. The molecule has 0 amide bonds. The van der Waals surface area contributed by atoms with E-state index in [1.54, 1.807) is 0 Å². The number of aliphatic hydroxyl groups excluding tert-OH is 1. The number of nitrogen functional groups attached to an aromatic ring is 1. The number of benzene rings is 2. The molecule has 0 aliphatic heterocycles. The third-order valence-electron chi connectivity index (χ3n) is 3.51. The summed E-state index contributed by atoms with van der Waals surface area (Å²) < 4.78 is 27.2. The first-order valence-corrected chi connectivity index (χ1v) is 7.35. The van der Waals surface area contributed by atoms with Crippen LogP contribution in [0.2, 0.25) is 5.02 Å². The van der Waals surface area contributed by atoms with Crippen LogP contribution >= 0.6 is 11.6 Å². The number of hydrogen-bond acceptors (Lipinski definition) is 4. The number of aliphatic hydroxyl groups is 1. The largest absolute Gasteiger partial charge is 0.384 e. The lowest BCUT2D eigenvalue weighted by molar-refractivity contribution is 0.215. The van der Waals surface area contributed by atoms with Crippen molar-refractivity contribution < 1.29 is 13.9 Å². The molecule has 0 saturated carbocycles. The molecule has 0 aliphatic rings. The number of anilines is 1. The molecule has 24 heavy (non-hydrogen) atoms. The molecule has 2 aromatic carbocycles. The van der Waals surface area contributed by atoms with E-state index in [0.29, 0.717) is 16.8 Å². The predicted octanol–water partition coefficient (Wildman–Crippen LogP) is 3.74. The summed E-state index contributed by atoms with van der Waals surface area (Å²) in [6.07, 6.45) is 0.0852. The van der Waals surface area contributed by atoms with Crippen LogP contribution in [0.5, 0.6) is 0 Å². The number of aromatic nitrogens is 2. The van der Waals surface area contributed by atoms with Crippen molar-refractivity contribution in [3.8, 4) is 11.3 Å². The van der Waals surface area contributed by atoms with Gasteiger partial charge in [0.25, 0.3) is 0 Å². The molecule has 0 fully saturated rings. The van der Waals surface area contributed by atoms with E-state index in [0.717, 1.165) is 0 Å². The first-order valence-electron chi connectivity index (χ1n) is 6.97. The van der Waals surface area contributed by atoms with Crippen molar-refractivity contribution in [2.75, 3.05) is 5.73 Å².